The second-order valence-electron chi connectivity index (χ2n) is 6.59. The first-order valence-corrected chi connectivity index (χ1v) is 8.38. The van der Waals surface area contributed by atoms with Crippen molar-refractivity contribution in [1.82, 2.24) is 20.1 Å². The van der Waals surface area contributed by atoms with Gasteiger partial charge in [-0.2, -0.15) is 5.10 Å². The quantitative estimate of drug-likeness (QED) is 0.764. The van der Waals surface area contributed by atoms with E-state index in [1.54, 1.807) is 30.8 Å². The Morgan fingerprint density at radius 2 is 1.88 bits per heavy atom. The van der Waals surface area contributed by atoms with Gasteiger partial charge in [0, 0.05) is 11.4 Å². The normalized spacial score (nSPS) is 12.6. The molecule has 0 aliphatic heterocycles. The number of benzene rings is 1. The van der Waals surface area contributed by atoms with Gasteiger partial charge in [0.05, 0.1) is 23.5 Å². The SMILES string of the molecule is Cc1nc2c(cnn2C(C)C)cc1C(=O)N[C@H](C)c1ccc(F)c(F)c1. The van der Waals surface area contributed by atoms with Crippen LogP contribution in [0.3, 0.4) is 0 Å². The van der Waals surface area contributed by atoms with Gasteiger partial charge in [-0.1, -0.05) is 6.07 Å². The van der Waals surface area contributed by atoms with Crippen molar-refractivity contribution >= 4 is 16.9 Å². The minimum absolute atomic E-state index is 0.160. The van der Waals surface area contributed by atoms with E-state index in [-0.39, 0.29) is 11.9 Å². The van der Waals surface area contributed by atoms with Crippen LogP contribution in [-0.2, 0) is 0 Å². The molecule has 3 rings (SSSR count). The van der Waals surface area contributed by atoms with Crippen LogP contribution in [-0.4, -0.2) is 20.7 Å². The molecule has 0 radical (unpaired) electrons. The number of nitrogens with zero attached hydrogens (tertiary/aromatic N) is 3. The fourth-order valence-corrected chi connectivity index (χ4v) is 2.81. The third-order valence-corrected chi connectivity index (χ3v) is 4.28. The van der Waals surface area contributed by atoms with E-state index in [0.717, 1.165) is 23.2 Å². The zero-order chi connectivity index (χ0) is 19.0. The number of amides is 1. The molecule has 2 heterocycles. The second kappa shape index (κ2) is 6.82. The predicted octanol–water partition coefficient (Wildman–Crippen LogP) is 4.09. The minimum Gasteiger partial charge on any atom is -0.345 e. The topological polar surface area (TPSA) is 59.8 Å². The van der Waals surface area contributed by atoms with Crippen molar-refractivity contribution in [2.75, 3.05) is 0 Å². The molecule has 0 fully saturated rings. The molecule has 0 saturated carbocycles. The zero-order valence-corrected chi connectivity index (χ0v) is 15.0. The Balaban J connectivity index is 1.87. The summed E-state index contributed by atoms with van der Waals surface area (Å²) in [5.74, 6) is -2.18. The van der Waals surface area contributed by atoms with Gasteiger partial charge in [-0.3, -0.25) is 4.79 Å². The highest BCUT2D eigenvalue weighted by Gasteiger charge is 2.18. The average Bonchev–Trinajstić information content (AvgIpc) is 2.99. The Morgan fingerprint density at radius 3 is 2.54 bits per heavy atom. The summed E-state index contributed by atoms with van der Waals surface area (Å²) in [5, 5.41) is 7.88. The maximum absolute atomic E-state index is 13.4. The molecule has 136 valence electrons. The number of hydrogen-bond acceptors (Lipinski definition) is 3. The number of carbonyl (C=O) groups excluding carboxylic acids is 1. The Labute approximate surface area is 150 Å². The molecule has 1 amide bonds. The van der Waals surface area contributed by atoms with Gasteiger partial charge >= 0.3 is 0 Å². The van der Waals surface area contributed by atoms with Crippen molar-refractivity contribution in [2.45, 2.75) is 39.8 Å². The van der Waals surface area contributed by atoms with Gasteiger partial charge in [-0.05, 0) is 51.5 Å². The predicted molar refractivity (Wildman–Crippen MR) is 94.9 cm³/mol. The van der Waals surface area contributed by atoms with Gasteiger partial charge in [0.25, 0.3) is 5.91 Å². The van der Waals surface area contributed by atoms with Crippen LogP contribution in [0.15, 0.2) is 30.5 Å². The Morgan fingerprint density at radius 1 is 1.15 bits per heavy atom. The lowest BCUT2D eigenvalue weighted by molar-refractivity contribution is 0.0939. The number of halogens is 2. The maximum atomic E-state index is 13.4. The highest BCUT2D eigenvalue weighted by Crippen LogP contribution is 2.21. The molecule has 0 saturated heterocycles. The molecule has 1 atom stereocenters. The van der Waals surface area contributed by atoms with E-state index in [2.05, 4.69) is 15.4 Å². The van der Waals surface area contributed by atoms with Crippen molar-refractivity contribution in [1.29, 1.82) is 0 Å². The summed E-state index contributed by atoms with van der Waals surface area (Å²) in [6.07, 6.45) is 1.68. The van der Waals surface area contributed by atoms with E-state index in [1.807, 2.05) is 13.8 Å². The molecular weight excluding hydrogens is 338 g/mol. The highest BCUT2D eigenvalue weighted by atomic mass is 19.2. The van der Waals surface area contributed by atoms with Crippen LogP contribution in [0.1, 0.15) is 54.5 Å². The maximum Gasteiger partial charge on any atom is 0.253 e. The summed E-state index contributed by atoms with van der Waals surface area (Å²) in [6, 6.07) is 5.01. The molecule has 0 unspecified atom stereocenters. The second-order valence-corrected chi connectivity index (χ2v) is 6.59. The van der Waals surface area contributed by atoms with Crippen LogP contribution in [0.25, 0.3) is 11.0 Å². The van der Waals surface area contributed by atoms with Crippen LogP contribution in [0.5, 0.6) is 0 Å². The smallest absolute Gasteiger partial charge is 0.253 e. The average molecular weight is 358 g/mol. The first-order valence-electron chi connectivity index (χ1n) is 8.38. The number of aryl methyl sites for hydroxylation is 1. The van der Waals surface area contributed by atoms with E-state index in [9.17, 15) is 13.6 Å². The van der Waals surface area contributed by atoms with Crippen LogP contribution < -0.4 is 5.32 Å². The molecule has 1 N–H and O–H groups in total. The largest absolute Gasteiger partial charge is 0.345 e. The molecule has 7 heteroatoms. The fraction of sp³-hybridized carbons (Fsp3) is 0.316. The summed E-state index contributed by atoms with van der Waals surface area (Å²) in [7, 11) is 0. The van der Waals surface area contributed by atoms with Crippen LogP contribution >= 0.6 is 0 Å². The van der Waals surface area contributed by atoms with Crippen molar-refractivity contribution in [3.63, 3.8) is 0 Å². The van der Waals surface area contributed by atoms with E-state index in [1.165, 1.54) is 6.07 Å². The van der Waals surface area contributed by atoms with Crippen molar-refractivity contribution in [3.05, 3.63) is 58.9 Å². The van der Waals surface area contributed by atoms with Crippen LogP contribution in [0, 0.1) is 18.6 Å². The molecule has 5 nitrogen and oxygen atoms in total. The number of nitrogens with one attached hydrogen (secondary N) is 1. The van der Waals surface area contributed by atoms with Gasteiger partial charge in [-0.15, -0.1) is 0 Å². The van der Waals surface area contributed by atoms with Gasteiger partial charge in [0.2, 0.25) is 0 Å². The lowest BCUT2D eigenvalue weighted by atomic mass is 10.1. The summed E-state index contributed by atoms with van der Waals surface area (Å²) in [4.78, 5) is 17.2. The zero-order valence-electron chi connectivity index (χ0n) is 15.0. The highest BCUT2D eigenvalue weighted by molar-refractivity contribution is 5.98. The molecule has 2 aromatic heterocycles. The van der Waals surface area contributed by atoms with E-state index in [0.29, 0.717) is 16.8 Å². The fourth-order valence-electron chi connectivity index (χ4n) is 2.81. The van der Waals surface area contributed by atoms with Crippen molar-refractivity contribution < 1.29 is 13.6 Å². The number of pyridine rings is 1. The standard InChI is InChI=1S/C19H20F2N4O/c1-10(2)25-18-14(9-22-25)7-15(12(4)23-18)19(26)24-11(3)13-5-6-16(20)17(21)8-13/h5-11H,1-4H3,(H,24,26)/t11-/m1/s1. The lowest BCUT2D eigenvalue weighted by Gasteiger charge is -2.16. The van der Waals surface area contributed by atoms with Gasteiger partial charge in [0.1, 0.15) is 0 Å². The Hall–Kier alpha value is -2.83. The Kier molecular flexibility index (Phi) is 4.71. The first-order chi connectivity index (χ1) is 12.3. The molecule has 1 aromatic carbocycles. The van der Waals surface area contributed by atoms with Gasteiger partial charge in [0.15, 0.2) is 17.3 Å². The van der Waals surface area contributed by atoms with Crippen molar-refractivity contribution in [2.24, 2.45) is 0 Å². The molecule has 0 aliphatic rings. The van der Waals surface area contributed by atoms with E-state index >= 15 is 0 Å². The molecule has 26 heavy (non-hydrogen) atoms. The number of aromatic nitrogens is 3. The molecule has 0 aliphatic carbocycles. The third-order valence-electron chi connectivity index (χ3n) is 4.28. The van der Waals surface area contributed by atoms with Crippen LogP contribution in [0.2, 0.25) is 0 Å². The summed E-state index contributed by atoms with van der Waals surface area (Å²) in [5.41, 5.74) is 2.21. The molecule has 0 spiro atoms. The number of hydrogen-bond donors (Lipinski definition) is 1. The minimum atomic E-state index is -0.941. The monoisotopic (exact) mass is 358 g/mol. The van der Waals surface area contributed by atoms with E-state index in [4.69, 9.17) is 0 Å². The van der Waals surface area contributed by atoms with Gasteiger partial charge in [-0.25, -0.2) is 18.4 Å². The first kappa shape index (κ1) is 18.0. The number of carbonyl (C=O) groups is 1. The summed E-state index contributed by atoms with van der Waals surface area (Å²) >= 11 is 0. The third kappa shape index (κ3) is 3.29. The lowest BCUT2D eigenvalue weighted by Crippen LogP contribution is -2.27. The van der Waals surface area contributed by atoms with Crippen molar-refractivity contribution in [3.8, 4) is 0 Å². The van der Waals surface area contributed by atoms with Gasteiger partial charge < -0.3 is 5.32 Å². The summed E-state index contributed by atoms with van der Waals surface area (Å²) < 4.78 is 28.3. The Bertz CT molecular complexity index is 981. The van der Waals surface area contributed by atoms with Crippen LogP contribution in [0.4, 0.5) is 8.78 Å². The number of fused-ring (bicyclic) bond motifs is 1. The van der Waals surface area contributed by atoms with E-state index < -0.39 is 17.7 Å². The molecule has 3 aromatic rings. The number of rotatable bonds is 4. The summed E-state index contributed by atoms with van der Waals surface area (Å²) in [6.45, 7) is 7.48. The molecular formula is C19H20F2N4O. The molecule has 0 bridgehead atoms.